The fourth-order valence-corrected chi connectivity index (χ4v) is 1.24. The zero-order chi connectivity index (χ0) is 12.0. The third kappa shape index (κ3) is 3.27. The van der Waals surface area contributed by atoms with E-state index in [9.17, 15) is 4.79 Å². The lowest BCUT2D eigenvalue weighted by Crippen LogP contribution is -2.30. The molecule has 0 saturated heterocycles. The topological polar surface area (TPSA) is 79.5 Å². The van der Waals surface area contributed by atoms with Crippen molar-refractivity contribution in [1.29, 1.82) is 0 Å². The van der Waals surface area contributed by atoms with E-state index in [-0.39, 0.29) is 5.91 Å². The van der Waals surface area contributed by atoms with Crippen LogP contribution in [-0.2, 0) is 6.54 Å². The van der Waals surface area contributed by atoms with Gasteiger partial charge in [-0.15, -0.1) is 0 Å². The molecule has 0 heterocycles. The molecule has 5 nitrogen and oxygen atoms in total. The predicted octanol–water partition coefficient (Wildman–Crippen LogP) is 0.0803. The van der Waals surface area contributed by atoms with Crippen molar-refractivity contribution >= 4 is 11.9 Å². The molecule has 5 heteroatoms. The van der Waals surface area contributed by atoms with Crippen LogP contribution in [0.1, 0.15) is 15.9 Å². The molecule has 0 aliphatic heterocycles. The number of carbonyl (C=O) groups excluding carboxylic acids is 1. The quantitative estimate of drug-likeness (QED) is 0.498. The largest absolute Gasteiger partial charge is 0.370 e. The fourth-order valence-electron chi connectivity index (χ4n) is 1.24. The zero-order valence-corrected chi connectivity index (χ0v) is 9.45. The zero-order valence-electron chi connectivity index (χ0n) is 9.45. The summed E-state index contributed by atoms with van der Waals surface area (Å²) in [5.41, 5.74) is 7.12. The van der Waals surface area contributed by atoms with E-state index in [2.05, 4.69) is 15.6 Å². The lowest BCUT2D eigenvalue weighted by molar-refractivity contribution is 0.0963. The Kier molecular flexibility index (Phi) is 4.32. The van der Waals surface area contributed by atoms with E-state index in [4.69, 9.17) is 5.73 Å². The summed E-state index contributed by atoms with van der Waals surface area (Å²) in [6.07, 6.45) is 0. The van der Waals surface area contributed by atoms with E-state index in [0.717, 1.165) is 5.56 Å². The first-order chi connectivity index (χ1) is 7.67. The van der Waals surface area contributed by atoms with Crippen LogP contribution in [-0.4, -0.2) is 26.0 Å². The Morgan fingerprint density at radius 3 is 2.88 bits per heavy atom. The SMILES string of the molecule is CN=C(N)NCc1cccc(C(=O)NC)c1. The molecule has 0 fully saturated rings. The molecule has 0 unspecified atom stereocenters. The molecule has 86 valence electrons. The van der Waals surface area contributed by atoms with Crippen molar-refractivity contribution in [3.8, 4) is 0 Å². The van der Waals surface area contributed by atoms with Crippen molar-refractivity contribution in [3.63, 3.8) is 0 Å². The molecule has 0 bridgehead atoms. The highest BCUT2D eigenvalue weighted by Crippen LogP contribution is 2.04. The average molecular weight is 220 g/mol. The number of benzene rings is 1. The van der Waals surface area contributed by atoms with Gasteiger partial charge in [-0.25, -0.2) is 0 Å². The van der Waals surface area contributed by atoms with Gasteiger partial charge in [-0.05, 0) is 17.7 Å². The van der Waals surface area contributed by atoms with Crippen molar-refractivity contribution in [2.24, 2.45) is 10.7 Å². The van der Waals surface area contributed by atoms with Gasteiger partial charge >= 0.3 is 0 Å². The van der Waals surface area contributed by atoms with Crippen molar-refractivity contribution in [1.82, 2.24) is 10.6 Å². The number of aliphatic imine (C=N–C) groups is 1. The highest BCUT2D eigenvalue weighted by atomic mass is 16.1. The Hall–Kier alpha value is -2.04. The molecule has 0 radical (unpaired) electrons. The first kappa shape index (κ1) is 12.0. The molecular weight excluding hydrogens is 204 g/mol. The number of carbonyl (C=O) groups is 1. The van der Waals surface area contributed by atoms with Gasteiger partial charge in [0.2, 0.25) is 0 Å². The number of amides is 1. The summed E-state index contributed by atoms with van der Waals surface area (Å²) < 4.78 is 0. The summed E-state index contributed by atoms with van der Waals surface area (Å²) in [6, 6.07) is 7.33. The van der Waals surface area contributed by atoms with E-state index < -0.39 is 0 Å². The van der Waals surface area contributed by atoms with Crippen molar-refractivity contribution < 1.29 is 4.79 Å². The number of nitrogens with two attached hydrogens (primary N) is 1. The minimum absolute atomic E-state index is 0.0982. The summed E-state index contributed by atoms with van der Waals surface area (Å²) in [6.45, 7) is 0.550. The molecule has 0 saturated carbocycles. The van der Waals surface area contributed by atoms with E-state index in [1.54, 1.807) is 20.2 Å². The molecule has 1 rings (SSSR count). The minimum Gasteiger partial charge on any atom is -0.370 e. The molecule has 0 aliphatic rings. The highest BCUT2D eigenvalue weighted by Gasteiger charge is 2.03. The van der Waals surface area contributed by atoms with Gasteiger partial charge < -0.3 is 16.4 Å². The maximum Gasteiger partial charge on any atom is 0.251 e. The number of hydrogen-bond acceptors (Lipinski definition) is 2. The van der Waals surface area contributed by atoms with Crippen LogP contribution in [0, 0.1) is 0 Å². The smallest absolute Gasteiger partial charge is 0.251 e. The first-order valence-electron chi connectivity index (χ1n) is 4.94. The van der Waals surface area contributed by atoms with E-state index in [1.165, 1.54) is 0 Å². The standard InChI is InChI=1S/C11H16N4O/c1-13-10(16)9-5-3-4-8(6-9)7-15-11(12)14-2/h3-6H,7H2,1-2H3,(H,13,16)(H3,12,14,15). The maximum absolute atomic E-state index is 11.4. The fraction of sp³-hybridized carbons (Fsp3) is 0.273. The monoisotopic (exact) mass is 220 g/mol. The Labute approximate surface area is 94.8 Å². The number of guanidine groups is 1. The molecule has 1 amide bonds. The van der Waals surface area contributed by atoms with Gasteiger partial charge in [-0.1, -0.05) is 12.1 Å². The molecule has 1 aromatic carbocycles. The molecule has 0 atom stereocenters. The minimum atomic E-state index is -0.0982. The third-order valence-electron chi connectivity index (χ3n) is 2.13. The van der Waals surface area contributed by atoms with Crippen LogP contribution >= 0.6 is 0 Å². The number of hydrogen-bond donors (Lipinski definition) is 3. The van der Waals surface area contributed by atoms with E-state index in [0.29, 0.717) is 18.1 Å². The van der Waals surface area contributed by atoms with E-state index >= 15 is 0 Å². The molecule has 0 spiro atoms. The highest BCUT2D eigenvalue weighted by molar-refractivity contribution is 5.94. The second-order valence-electron chi connectivity index (χ2n) is 3.24. The van der Waals surface area contributed by atoms with E-state index in [1.807, 2.05) is 18.2 Å². The first-order valence-corrected chi connectivity index (χ1v) is 4.94. The average Bonchev–Trinajstić information content (AvgIpc) is 2.35. The molecule has 4 N–H and O–H groups in total. The summed E-state index contributed by atoms with van der Waals surface area (Å²) in [5.74, 6) is 0.282. The van der Waals surface area contributed by atoms with Crippen LogP contribution in [0.15, 0.2) is 29.3 Å². The lowest BCUT2D eigenvalue weighted by atomic mass is 10.1. The Morgan fingerprint density at radius 1 is 1.50 bits per heavy atom. The van der Waals surface area contributed by atoms with Gasteiger partial charge in [-0.2, -0.15) is 0 Å². The van der Waals surface area contributed by atoms with Gasteiger partial charge in [0.1, 0.15) is 0 Å². The molecule has 16 heavy (non-hydrogen) atoms. The van der Waals surface area contributed by atoms with Crippen LogP contribution in [0.5, 0.6) is 0 Å². The Bertz CT molecular complexity index is 401. The normalized spacial score (nSPS) is 11.0. The van der Waals surface area contributed by atoms with Gasteiger partial charge in [0.05, 0.1) is 0 Å². The second-order valence-corrected chi connectivity index (χ2v) is 3.24. The number of nitrogens with one attached hydrogen (secondary N) is 2. The van der Waals surface area contributed by atoms with Gasteiger partial charge in [0, 0.05) is 26.2 Å². The molecular formula is C11H16N4O. The lowest BCUT2D eigenvalue weighted by Gasteiger charge is -2.06. The van der Waals surface area contributed by atoms with Crippen LogP contribution in [0.2, 0.25) is 0 Å². The number of rotatable bonds is 3. The van der Waals surface area contributed by atoms with Crippen molar-refractivity contribution in [2.45, 2.75) is 6.54 Å². The molecule has 0 aromatic heterocycles. The van der Waals surface area contributed by atoms with Crippen LogP contribution < -0.4 is 16.4 Å². The van der Waals surface area contributed by atoms with Gasteiger partial charge in [0.25, 0.3) is 5.91 Å². The third-order valence-corrected chi connectivity index (χ3v) is 2.13. The summed E-state index contributed by atoms with van der Waals surface area (Å²) in [5, 5.41) is 5.51. The summed E-state index contributed by atoms with van der Waals surface area (Å²) >= 11 is 0. The Balaban J connectivity index is 2.71. The Morgan fingerprint density at radius 2 is 2.25 bits per heavy atom. The van der Waals surface area contributed by atoms with Gasteiger partial charge in [-0.3, -0.25) is 9.79 Å². The summed E-state index contributed by atoms with van der Waals surface area (Å²) in [4.78, 5) is 15.2. The van der Waals surface area contributed by atoms with Crippen molar-refractivity contribution in [3.05, 3.63) is 35.4 Å². The van der Waals surface area contributed by atoms with Gasteiger partial charge in [0.15, 0.2) is 5.96 Å². The summed E-state index contributed by atoms with van der Waals surface area (Å²) in [7, 11) is 3.22. The maximum atomic E-state index is 11.4. The van der Waals surface area contributed by atoms with Crippen LogP contribution in [0.3, 0.4) is 0 Å². The van der Waals surface area contributed by atoms with Crippen molar-refractivity contribution in [2.75, 3.05) is 14.1 Å². The van der Waals surface area contributed by atoms with Crippen LogP contribution in [0.25, 0.3) is 0 Å². The van der Waals surface area contributed by atoms with Crippen LogP contribution in [0.4, 0.5) is 0 Å². The molecule has 1 aromatic rings. The second kappa shape index (κ2) is 5.75. The number of nitrogens with zero attached hydrogens (tertiary/aromatic N) is 1. The molecule has 0 aliphatic carbocycles. The predicted molar refractivity (Wildman–Crippen MR) is 64.2 cm³/mol.